The highest BCUT2D eigenvalue weighted by Gasteiger charge is 2.29. The molecule has 36 heavy (non-hydrogen) atoms. The predicted octanol–water partition coefficient (Wildman–Crippen LogP) is 2.84. The number of hydrazone groups is 1. The molecule has 0 aliphatic heterocycles. The summed E-state index contributed by atoms with van der Waals surface area (Å²) in [4.78, 5) is 24.3. The maximum Gasteiger partial charge on any atom is 0.337 e. The van der Waals surface area contributed by atoms with E-state index in [0.717, 1.165) is 4.31 Å². The van der Waals surface area contributed by atoms with Gasteiger partial charge < -0.3 is 14.2 Å². The van der Waals surface area contributed by atoms with Gasteiger partial charge in [-0.3, -0.25) is 9.10 Å². The molecule has 0 fully saturated rings. The van der Waals surface area contributed by atoms with E-state index < -0.39 is 28.4 Å². The van der Waals surface area contributed by atoms with Crippen molar-refractivity contribution in [2.45, 2.75) is 4.90 Å². The van der Waals surface area contributed by atoms with E-state index >= 15 is 0 Å². The number of rotatable bonds is 10. The molecule has 10 nitrogen and oxygen atoms in total. The molecule has 188 valence electrons. The first-order valence-electron chi connectivity index (χ1n) is 10.6. The van der Waals surface area contributed by atoms with Crippen LogP contribution in [0.15, 0.2) is 82.8 Å². The van der Waals surface area contributed by atoms with Gasteiger partial charge in [-0.15, -0.1) is 0 Å². The molecular weight excluding hydrogens is 486 g/mol. The SMILES string of the molecule is COC(=O)c1ccc(/C=N\NC(=O)CN(c2ccc(OC)cc2OC)S(=O)(=O)c2ccccc2)cc1. The number of nitrogens with zero attached hydrogens (tertiary/aromatic N) is 2. The number of amides is 1. The van der Waals surface area contributed by atoms with E-state index in [0.29, 0.717) is 16.9 Å². The fraction of sp³-hybridized carbons (Fsp3) is 0.160. The number of nitrogens with one attached hydrogen (secondary N) is 1. The Balaban J connectivity index is 1.85. The van der Waals surface area contributed by atoms with E-state index in [-0.39, 0.29) is 16.3 Å². The minimum atomic E-state index is -4.14. The highest BCUT2D eigenvalue weighted by atomic mass is 32.2. The lowest BCUT2D eigenvalue weighted by Crippen LogP contribution is -2.39. The van der Waals surface area contributed by atoms with Crippen LogP contribution in [0.3, 0.4) is 0 Å². The van der Waals surface area contributed by atoms with Crippen LogP contribution in [0.25, 0.3) is 0 Å². The van der Waals surface area contributed by atoms with Crippen molar-refractivity contribution in [1.29, 1.82) is 0 Å². The number of ether oxygens (including phenoxy) is 3. The summed E-state index contributed by atoms with van der Waals surface area (Å²) in [7, 11) is 0.0136. The minimum absolute atomic E-state index is 0.00451. The summed E-state index contributed by atoms with van der Waals surface area (Å²) in [5, 5.41) is 3.89. The maximum absolute atomic E-state index is 13.5. The van der Waals surface area contributed by atoms with E-state index in [1.165, 1.54) is 51.8 Å². The van der Waals surface area contributed by atoms with Gasteiger partial charge in [-0.2, -0.15) is 5.10 Å². The number of carbonyl (C=O) groups is 2. The molecule has 11 heteroatoms. The van der Waals surface area contributed by atoms with E-state index in [1.54, 1.807) is 48.5 Å². The molecule has 1 N–H and O–H groups in total. The van der Waals surface area contributed by atoms with Crippen molar-refractivity contribution >= 4 is 33.8 Å². The number of carbonyl (C=O) groups excluding carboxylic acids is 2. The van der Waals surface area contributed by atoms with Crippen molar-refractivity contribution in [3.05, 3.63) is 83.9 Å². The molecule has 0 spiro atoms. The van der Waals surface area contributed by atoms with Crippen LogP contribution in [0.5, 0.6) is 11.5 Å². The van der Waals surface area contributed by atoms with Gasteiger partial charge in [0.05, 0.1) is 43.7 Å². The molecular formula is C25H25N3O7S. The Morgan fingerprint density at radius 3 is 2.25 bits per heavy atom. The van der Waals surface area contributed by atoms with Crippen molar-refractivity contribution in [1.82, 2.24) is 5.43 Å². The number of hydrogen-bond acceptors (Lipinski definition) is 8. The lowest BCUT2D eigenvalue weighted by atomic mass is 10.1. The van der Waals surface area contributed by atoms with Crippen LogP contribution >= 0.6 is 0 Å². The maximum atomic E-state index is 13.5. The summed E-state index contributed by atoms with van der Waals surface area (Å²) < 4.78 is 43.1. The molecule has 0 atom stereocenters. The summed E-state index contributed by atoms with van der Waals surface area (Å²) in [5.41, 5.74) is 3.46. The first kappa shape index (κ1) is 26.2. The van der Waals surface area contributed by atoms with Crippen LogP contribution in [0, 0.1) is 0 Å². The summed E-state index contributed by atoms with van der Waals surface area (Å²) >= 11 is 0. The summed E-state index contributed by atoms with van der Waals surface area (Å²) in [6, 6.07) is 18.7. The Bertz CT molecular complexity index is 1340. The molecule has 0 saturated carbocycles. The Hall–Kier alpha value is -4.38. The Labute approximate surface area is 209 Å². The molecule has 0 aliphatic carbocycles. The van der Waals surface area contributed by atoms with Gasteiger partial charge in [-0.1, -0.05) is 30.3 Å². The summed E-state index contributed by atoms with van der Waals surface area (Å²) in [6.07, 6.45) is 1.36. The number of benzene rings is 3. The molecule has 0 aromatic heterocycles. The molecule has 0 radical (unpaired) electrons. The standard InChI is InChI=1S/C25H25N3O7S/c1-33-20-13-14-22(23(15-20)34-2)28(36(31,32)21-7-5-4-6-8-21)17-24(29)27-26-16-18-9-11-19(12-10-18)25(30)35-3/h4-16H,17H2,1-3H3,(H,27,29)/b26-16-. The highest BCUT2D eigenvalue weighted by Crippen LogP contribution is 2.35. The monoisotopic (exact) mass is 511 g/mol. The zero-order valence-electron chi connectivity index (χ0n) is 19.9. The summed E-state index contributed by atoms with van der Waals surface area (Å²) in [6.45, 7) is -0.571. The van der Waals surface area contributed by atoms with Crippen LogP contribution in [0.2, 0.25) is 0 Å². The van der Waals surface area contributed by atoms with Gasteiger partial charge in [0, 0.05) is 6.07 Å². The first-order valence-corrected chi connectivity index (χ1v) is 12.0. The lowest BCUT2D eigenvalue weighted by molar-refractivity contribution is -0.119. The van der Waals surface area contributed by atoms with Gasteiger partial charge in [0.15, 0.2) is 0 Å². The smallest absolute Gasteiger partial charge is 0.337 e. The Morgan fingerprint density at radius 1 is 0.944 bits per heavy atom. The van der Waals surface area contributed by atoms with E-state index in [4.69, 9.17) is 9.47 Å². The van der Waals surface area contributed by atoms with Crippen molar-refractivity contribution in [2.75, 3.05) is 32.2 Å². The second-order valence-corrected chi connectivity index (χ2v) is 9.13. The zero-order valence-corrected chi connectivity index (χ0v) is 20.7. The van der Waals surface area contributed by atoms with Gasteiger partial charge in [0.2, 0.25) is 0 Å². The van der Waals surface area contributed by atoms with Gasteiger partial charge in [0.25, 0.3) is 15.9 Å². The zero-order chi connectivity index (χ0) is 26.1. The number of methoxy groups -OCH3 is 3. The molecule has 0 bridgehead atoms. The molecule has 3 aromatic carbocycles. The number of esters is 1. The van der Waals surface area contributed by atoms with Crippen LogP contribution in [0.4, 0.5) is 5.69 Å². The third-order valence-corrected chi connectivity index (χ3v) is 6.78. The average molecular weight is 512 g/mol. The topological polar surface area (TPSA) is 124 Å². The van der Waals surface area contributed by atoms with Crippen molar-refractivity contribution in [3.63, 3.8) is 0 Å². The molecule has 0 aliphatic rings. The third kappa shape index (κ3) is 6.19. The largest absolute Gasteiger partial charge is 0.497 e. The molecule has 0 saturated heterocycles. The molecule has 1 amide bonds. The van der Waals surface area contributed by atoms with E-state index in [9.17, 15) is 18.0 Å². The first-order chi connectivity index (χ1) is 17.3. The number of anilines is 1. The van der Waals surface area contributed by atoms with Crippen LogP contribution < -0.4 is 19.2 Å². The highest BCUT2D eigenvalue weighted by molar-refractivity contribution is 7.92. The van der Waals surface area contributed by atoms with Crippen molar-refractivity contribution in [3.8, 4) is 11.5 Å². The lowest BCUT2D eigenvalue weighted by Gasteiger charge is -2.25. The normalized spacial score (nSPS) is 11.1. The van der Waals surface area contributed by atoms with Crippen LogP contribution in [-0.4, -0.2) is 54.4 Å². The van der Waals surface area contributed by atoms with Gasteiger partial charge in [-0.25, -0.2) is 18.6 Å². The quantitative estimate of drug-likeness (QED) is 0.252. The van der Waals surface area contributed by atoms with Gasteiger partial charge in [-0.05, 0) is 42.0 Å². The van der Waals surface area contributed by atoms with Crippen molar-refractivity contribution < 1.29 is 32.2 Å². The summed E-state index contributed by atoms with van der Waals surface area (Å²) in [5.74, 6) is -0.494. The van der Waals surface area contributed by atoms with E-state index in [1.807, 2.05) is 0 Å². The van der Waals surface area contributed by atoms with Crippen molar-refractivity contribution in [2.24, 2.45) is 5.10 Å². The molecule has 0 unspecified atom stereocenters. The van der Waals surface area contributed by atoms with Crippen LogP contribution in [0.1, 0.15) is 15.9 Å². The van der Waals surface area contributed by atoms with Gasteiger partial charge >= 0.3 is 5.97 Å². The molecule has 3 aromatic rings. The fourth-order valence-corrected chi connectivity index (χ4v) is 4.63. The second-order valence-electron chi connectivity index (χ2n) is 7.27. The fourth-order valence-electron chi connectivity index (χ4n) is 3.18. The van der Waals surface area contributed by atoms with Gasteiger partial charge in [0.1, 0.15) is 18.0 Å². The van der Waals surface area contributed by atoms with Crippen LogP contribution in [-0.2, 0) is 19.6 Å². The minimum Gasteiger partial charge on any atom is -0.497 e. The van der Waals surface area contributed by atoms with E-state index in [2.05, 4.69) is 15.3 Å². The Kier molecular flexibility index (Phi) is 8.63. The number of hydrogen-bond donors (Lipinski definition) is 1. The Morgan fingerprint density at radius 2 is 1.64 bits per heavy atom. The molecule has 3 rings (SSSR count). The predicted molar refractivity (Wildman–Crippen MR) is 134 cm³/mol. The number of sulfonamides is 1. The molecule has 0 heterocycles. The average Bonchev–Trinajstić information content (AvgIpc) is 2.91. The third-order valence-electron chi connectivity index (χ3n) is 5.01. The second kappa shape index (κ2) is 11.8.